The summed E-state index contributed by atoms with van der Waals surface area (Å²) < 4.78 is 20.5. The standard InChI is InChI=1S/C22H21BN2O8/c1-30-15-4-8-17(9-5-15)32-21(26)24-14-3-12-19(23(28)29)20(13-14)25-22(27)33-18-10-6-16(31-2)7-11-18/h3-13,28-29H,1-2H3,(H,24,26)(H,25,27). The second kappa shape index (κ2) is 10.9. The first-order chi connectivity index (χ1) is 15.9. The second-order valence-electron chi connectivity index (χ2n) is 6.56. The van der Waals surface area contributed by atoms with Gasteiger partial charge in [-0.05, 0) is 60.7 Å². The SMILES string of the molecule is COc1ccc(OC(=O)Nc2ccc(B(O)O)c(NC(=O)Oc3ccc(OC)cc3)c2)cc1. The van der Waals surface area contributed by atoms with Gasteiger partial charge in [-0.15, -0.1) is 0 Å². The van der Waals surface area contributed by atoms with Crippen LogP contribution in [0.4, 0.5) is 21.0 Å². The first-order valence-corrected chi connectivity index (χ1v) is 9.64. The van der Waals surface area contributed by atoms with Crippen molar-refractivity contribution in [2.75, 3.05) is 24.9 Å². The number of rotatable bonds is 7. The number of anilines is 2. The van der Waals surface area contributed by atoms with Crippen LogP contribution in [0, 0.1) is 0 Å². The summed E-state index contributed by atoms with van der Waals surface area (Å²) in [6, 6.07) is 16.8. The van der Waals surface area contributed by atoms with Crippen LogP contribution in [0.15, 0.2) is 66.7 Å². The molecule has 33 heavy (non-hydrogen) atoms. The van der Waals surface area contributed by atoms with E-state index < -0.39 is 19.3 Å². The van der Waals surface area contributed by atoms with E-state index in [0.29, 0.717) is 11.5 Å². The Labute approximate surface area is 189 Å². The average molecular weight is 452 g/mol. The zero-order chi connectivity index (χ0) is 23.8. The van der Waals surface area contributed by atoms with Gasteiger partial charge in [0.25, 0.3) is 0 Å². The summed E-state index contributed by atoms with van der Waals surface area (Å²) in [5.74, 6) is 1.74. The van der Waals surface area contributed by atoms with Gasteiger partial charge < -0.3 is 29.0 Å². The monoisotopic (exact) mass is 452 g/mol. The third kappa shape index (κ3) is 6.63. The highest BCUT2D eigenvalue weighted by molar-refractivity contribution is 6.60. The Bertz CT molecular complexity index is 1100. The number of amides is 2. The molecule has 3 aromatic rings. The molecule has 3 aromatic carbocycles. The number of methoxy groups -OCH3 is 2. The van der Waals surface area contributed by atoms with E-state index in [-0.39, 0.29) is 28.3 Å². The normalized spacial score (nSPS) is 10.1. The lowest BCUT2D eigenvalue weighted by molar-refractivity contribution is 0.214. The van der Waals surface area contributed by atoms with Gasteiger partial charge in [0, 0.05) is 16.8 Å². The molecule has 0 saturated heterocycles. The van der Waals surface area contributed by atoms with Gasteiger partial charge in [-0.25, -0.2) is 9.59 Å². The minimum atomic E-state index is -1.87. The highest BCUT2D eigenvalue weighted by atomic mass is 16.6. The van der Waals surface area contributed by atoms with Gasteiger partial charge >= 0.3 is 19.3 Å². The predicted molar refractivity (Wildman–Crippen MR) is 122 cm³/mol. The number of carbonyl (C=O) groups excluding carboxylic acids is 2. The lowest BCUT2D eigenvalue weighted by Crippen LogP contribution is -2.34. The third-order valence-electron chi connectivity index (χ3n) is 4.35. The quantitative estimate of drug-likeness (QED) is 0.402. The Hall–Kier alpha value is -4.22. The van der Waals surface area contributed by atoms with Gasteiger partial charge in [0.1, 0.15) is 23.0 Å². The Kier molecular flexibility index (Phi) is 7.74. The maximum atomic E-state index is 12.3. The van der Waals surface area contributed by atoms with E-state index in [9.17, 15) is 19.6 Å². The molecule has 170 valence electrons. The van der Waals surface area contributed by atoms with Crippen LogP contribution >= 0.6 is 0 Å². The topological polar surface area (TPSA) is 136 Å². The van der Waals surface area contributed by atoms with Crippen LogP contribution in [0.5, 0.6) is 23.0 Å². The van der Waals surface area contributed by atoms with Crippen molar-refractivity contribution in [2.24, 2.45) is 0 Å². The largest absolute Gasteiger partial charge is 0.497 e. The van der Waals surface area contributed by atoms with E-state index in [2.05, 4.69) is 10.6 Å². The zero-order valence-electron chi connectivity index (χ0n) is 17.8. The number of hydrogen-bond donors (Lipinski definition) is 4. The van der Waals surface area contributed by atoms with Crippen molar-refractivity contribution in [2.45, 2.75) is 0 Å². The minimum Gasteiger partial charge on any atom is -0.497 e. The van der Waals surface area contributed by atoms with Crippen LogP contribution in [0.3, 0.4) is 0 Å². The van der Waals surface area contributed by atoms with Crippen LogP contribution in [-0.4, -0.2) is 43.6 Å². The van der Waals surface area contributed by atoms with Gasteiger partial charge in [0.15, 0.2) is 0 Å². The molecule has 0 heterocycles. The summed E-state index contributed by atoms with van der Waals surface area (Å²) in [4.78, 5) is 24.5. The van der Waals surface area contributed by atoms with Crippen LogP contribution in [-0.2, 0) is 0 Å². The Morgan fingerprint density at radius 2 is 1.15 bits per heavy atom. The molecule has 0 saturated carbocycles. The van der Waals surface area contributed by atoms with Crippen LogP contribution in [0.25, 0.3) is 0 Å². The summed E-state index contributed by atoms with van der Waals surface area (Å²) in [5.41, 5.74) is 0.249. The fourth-order valence-corrected chi connectivity index (χ4v) is 2.75. The molecular formula is C22H21BN2O8. The third-order valence-corrected chi connectivity index (χ3v) is 4.35. The molecule has 0 aliphatic carbocycles. The molecule has 10 nitrogen and oxygen atoms in total. The summed E-state index contributed by atoms with van der Waals surface area (Å²) in [5, 5.41) is 24.1. The number of carbonyl (C=O) groups is 2. The summed E-state index contributed by atoms with van der Waals surface area (Å²) in [6.07, 6.45) is -1.66. The average Bonchev–Trinajstić information content (AvgIpc) is 2.80. The molecule has 4 N–H and O–H groups in total. The van der Waals surface area contributed by atoms with E-state index >= 15 is 0 Å². The molecule has 0 radical (unpaired) electrons. The van der Waals surface area contributed by atoms with Gasteiger partial charge in [-0.2, -0.15) is 0 Å². The minimum absolute atomic E-state index is 0.00393. The maximum absolute atomic E-state index is 12.3. The van der Waals surface area contributed by atoms with E-state index in [4.69, 9.17) is 18.9 Å². The van der Waals surface area contributed by atoms with Gasteiger partial charge in [-0.1, -0.05) is 6.07 Å². The van der Waals surface area contributed by atoms with E-state index in [1.54, 1.807) is 36.4 Å². The second-order valence-corrected chi connectivity index (χ2v) is 6.56. The molecule has 0 aliphatic heterocycles. The molecular weight excluding hydrogens is 431 g/mol. The summed E-state index contributed by atoms with van der Waals surface area (Å²) in [6.45, 7) is 0. The smallest absolute Gasteiger partial charge is 0.490 e. The Balaban J connectivity index is 1.68. The first-order valence-electron chi connectivity index (χ1n) is 9.64. The van der Waals surface area contributed by atoms with Crippen molar-refractivity contribution >= 4 is 36.1 Å². The van der Waals surface area contributed by atoms with Crippen molar-refractivity contribution in [1.29, 1.82) is 0 Å². The molecule has 0 fully saturated rings. The van der Waals surface area contributed by atoms with Gasteiger partial charge in [0.2, 0.25) is 0 Å². The molecule has 0 bridgehead atoms. The summed E-state index contributed by atoms with van der Waals surface area (Å²) in [7, 11) is 1.16. The lowest BCUT2D eigenvalue weighted by Gasteiger charge is -2.14. The summed E-state index contributed by atoms with van der Waals surface area (Å²) >= 11 is 0. The Morgan fingerprint density at radius 3 is 1.61 bits per heavy atom. The molecule has 2 amide bonds. The van der Waals surface area contributed by atoms with Crippen LogP contribution < -0.4 is 35.0 Å². The van der Waals surface area contributed by atoms with Crippen molar-refractivity contribution in [3.8, 4) is 23.0 Å². The number of nitrogens with one attached hydrogen (secondary N) is 2. The molecule has 0 aromatic heterocycles. The molecule has 0 atom stereocenters. The molecule has 0 unspecified atom stereocenters. The van der Waals surface area contributed by atoms with Crippen molar-refractivity contribution < 1.29 is 38.6 Å². The van der Waals surface area contributed by atoms with E-state index in [0.717, 1.165) is 0 Å². The molecule has 3 rings (SSSR count). The van der Waals surface area contributed by atoms with E-state index in [1.807, 2.05) is 0 Å². The predicted octanol–water partition coefficient (Wildman–Crippen LogP) is 2.61. The molecule has 0 aliphatic rings. The number of hydrogen-bond acceptors (Lipinski definition) is 8. The lowest BCUT2D eigenvalue weighted by atomic mass is 9.79. The molecule has 11 heteroatoms. The number of ether oxygens (including phenoxy) is 4. The van der Waals surface area contributed by atoms with Crippen LogP contribution in [0.1, 0.15) is 0 Å². The maximum Gasteiger partial charge on any atom is 0.490 e. The van der Waals surface area contributed by atoms with Crippen molar-refractivity contribution in [3.63, 3.8) is 0 Å². The van der Waals surface area contributed by atoms with E-state index in [1.165, 1.54) is 44.6 Å². The number of benzene rings is 3. The highest BCUT2D eigenvalue weighted by Crippen LogP contribution is 2.20. The fraction of sp³-hybridized carbons (Fsp3) is 0.0909. The highest BCUT2D eigenvalue weighted by Gasteiger charge is 2.19. The van der Waals surface area contributed by atoms with Crippen molar-refractivity contribution in [3.05, 3.63) is 66.7 Å². The van der Waals surface area contributed by atoms with Gasteiger partial charge in [0.05, 0.1) is 14.2 Å². The van der Waals surface area contributed by atoms with Gasteiger partial charge in [-0.3, -0.25) is 10.6 Å². The molecule has 0 spiro atoms. The zero-order valence-corrected chi connectivity index (χ0v) is 17.8. The van der Waals surface area contributed by atoms with Crippen LogP contribution in [0.2, 0.25) is 0 Å². The fourth-order valence-electron chi connectivity index (χ4n) is 2.75. The van der Waals surface area contributed by atoms with Crippen molar-refractivity contribution in [1.82, 2.24) is 0 Å². The first kappa shape index (κ1) is 23.4. The Morgan fingerprint density at radius 1 is 0.697 bits per heavy atom.